The molecule has 0 aromatic heterocycles. The average Bonchev–Trinajstić information content (AvgIpc) is 2.39. The molecule has 0 spiro atoms. The molecule has 2 rings (SSSR count). The van der Waals surface area contributed by atoms with E-state index >= 15 is 0 Å². The Balaban J connectivity index is 2.12. The fourth-order valence-electron chi connectivity index (χ4n) is 1.92. The van der Waals surface area contributed by atoms with Gasteiger partial charge >= 0.3 is 0 Å². The average molecular weight is 284 g/mol. The van der Waals surface area contributed by atoms with Gasteiger partial charge in [0.1, 0.15) is 0 Å². The number of hydrogen-bond acceptors (Lipinski definition) is 2. The van der Waals surface area contributed by atoms with E-state index in [2.05, 4.69) is 45.0 Å². The van der Waals surface area contributed by atoms with Crippen molar-refractivity contribution in [3.63, 3.8) is 0 Å². The highest BCUT2D eigenvalue weighted by Gasteiger charge is 2.12. The molecule has 104 valence electrons. The first-order chi connectivity index (χ1) is 9.36. The molecule has 0 aliphatic rings. The lowest BCUT2D eigenvalue weighted by atomic mass is 9.87. The van der Waals surface area contributed by atoms with Gasteiger partial charge in [0.2, 0.25) is 0 Å². The van der Waals surface area contributed by atoms with E-state index in [1.807, 2.05) is 24.3 Å². The van der Waals surface area contributed by atoms with Gasteiger partial charge in [-0.05, 0) is 42.2 Å². The van der Waals surface area contributed by atoms with Crippen LogP contribution in [-0.2, 0) is 5.41 Å². The summed E-state index contributed by atoms with van der Waals surface area (Å²) >= 11 is 1.72. The van der Waals surface area contributed by atoms with Crippen LogP contribution in [0.2, 0.25) is 0 Å². The van der Waals surface area contributed by atoms with Crippen molar-refractivity contribution in [1.29, 1.82) is 0 Å². The van der Waals surface area contributed by atoms with Crippen LogP contribution in [0.3, 0.4) is 0 Å². The third kappa shape index (κ3) is 3.73. The van der Waals surface area contributed by atoms with Crippen LogP contribution in [0.5, 0.6) is 0 Å². The first-order valence-corrected chi connectivity index (χ1v) is 7.57. The van der Waals surface area contributed by atoms with E-state index in [4.69, 9.17) is 0 Å². The quantitative estimate of drug-likeness (QED) is 0.708. The Morgan fingerprint density at radius 2 is 1.30 bits per heavy atom. The summed E-state index contributed by atoms with van der Waals surface area (Å²) in [6, 6.07) is 16.5. The molecular weight excluding hydrogens is 264 g/mol. The smallest absolute Gasteiger partial charge is 0.159 e. The molecule has 0 N–H and O–H groups in total. The van der Waals surface area contributed by atoms with Crippen molar-refractivity contribution in [2.45, 2.75) is 42.9 Å². The minimum Gasteiger partial charge on any atom is -0.295 e. The van der Waals surface area contributed by atoms with Gasteiger partial charge in [-0.25, -0.2) is 0 Å². The molecule has 2 heteroatoms. The zero-order chi connectivity index (χ0) is 14.8. The molecule has 0 fully saturated rings. The Morgan fingerprint density at radius 3 is 1.70 bits per heavy atom. The van der Waals surface area contributed by atoms with Crippen molar-refractivity contribution in [3.05, 3.63) is 59.7 Å². The van der Waals surface area contributed by atoms with E-state index in [9.17, 15) is 4.79 Å². The molecule has 0 bridgehead atoms. The number of benzene rings is 2. The molecular formula is C18H20OS. The third-order valence-electron chi connectivity index (χ3n) is 3.22. The minimum atomic E-state index is 0.107. The van der Waals surface area contributed by atoms with Crippen molar-refractivity contribution < 1.29 is 4.79 Å². The second kappa shape index (κ2) is 5.84. The van der Waals surface area contributed by atoms with Crippen LogP contribution >= 0.6 is 11.8 Å². The van der Waals surface area contributed by atoms with E-state index in [0.717, 1.165) is 10.5 Å². The normalized spacial score (nSPS) is 11.4. The summed E-state index contributed by atoms with van der Waals surface area (Å²) in [5, 5.41) is 0. The zero-order valence-corrected chi connectivity index (χ0v) is 13.3. The fourth-order valence-corrected chi connectivity index (χ4v) is 2.73. The molecule has 0 atom stereocenters. The lowest BCUT2D eigenvalue weighted by Gasteiger charge is -2.19. The van der Waals surface area contributed by atoms with Gasteiger partial charge < -0.3 is 0 Å². The van der Waals surface area contributed by atoms with Crippen LogP contribution in [0.4, 0.5) is 0 Å². The largest absolute Gasteiger partial charge is 0.295 e. The maximum Gasteiger partial charge on any atom is 0.159 e. The summed E-state index contributed by atoms with van der Waals surface area (Å²) in [6.45, 7) is 8.24. The number of Topliss-reactive ketones (excluding diaryl/α,β-unsaturated/α-hetero) is 1. The molecule has 2 aromatic carbocycles. The van der Waals surface area contributed by atoms with Gasteiger partial charge in [-0.15, -0.1) is 0 Å². The van der Waals surface area contributed by atoms with Crippen LogP contribution in [0.15, 0.2) is 58.3 Å². The number of carbonyl (C=O) groups excluding carboxylic acids is 1. The molecule has 20 heavy (non-hydrogen) atoms. The van der Waals surface area contributed by atoms with Gasteiger partial charge in [-0.1, -0.05) is 56.8 Å². The summed E-state index contributed by atoms with van der Waals surface area (Å²) < 4.78 is 0. The molecule has 1 nitrogen and oxygen atoms in total. The third-order valence-corrected chi connectivity index (χ3v) is 4.23. The van der Waals surface area contributed by atoms with Crippen LogP contribution in [0.25, 0.3) is 0 Å². The first-order valence-electron chi connectivity index (χ1n) is 6.76. The van der Waals surface area contributed by atoms with E-state index in [0.29, 0.717) is 0 Å². The van der Waals surface area contributed by atoms with Gasteiger partial charge in [0.25, 0.3) is 0 Å². The number of rotatable bonds is 3. The van der Waals surface area contributed by atoms with Gasteiger partial charge in [-0.3, -0.25) is 4.79 Å². The van der Waals surface area contributed by atoms with Crippen molar-refractivity contribution in [1.82, 2.24) is 0 Å². The van der Waals surface area contributed by atoms with Crippen molar-refractivity contribution >= 4 is 17.5 Å². The molecule has 0 amide bonds. The predicted octanol–water partition coefficient (Wildman–Crippen LogP) is 5.34. The fraction of sp³-hybridized carbons (Fsp3) is 0.278. The SMILES string of the molecule is CC(=O)c1ccc(Sc2ccc(C(C)(C)C)cc2)cc1. The van der Waals surface area contributed by atoms with Crippen LogP contribution < -0.4 is 0 Å². The van der Waals surface area contributed by atoms with Crippen LogP contribution in [0, 0.1) is 0 Å². The van der Waals surface area contributed by atoms with Crippen LogP contribution in [-0.4, -0.2) is 5.78 Å². The molecule has 0 radical (unpaired) electrons. The summed E-state index contributed by atoms with van der Waals surface area (Å²) in [5.74, 6) is 0.107. The monoisotopic (exact) mass is 284 g/mol. The molecule has 0 aliphatic carbocycles. The molecule has 0 heterocycles. The molecule has 0 saturated heterocycles. The van der Waals surface area contributed by atoms with E-state index < -0.39 is 0 Å². The summed E-state index contributed by atoms with van der Waals surface area (Å²) in [4.78, 5) is 13.6. The first kappa shape index (κ1) is 14.9. The highest BCUT2D eigenvalue weighted by atomic mass is 32.2. The summed E-state index contributed by atoms with van der Waals surface area (Å²) in [5.41, 5.74) is 2.29. The van der Waals surface area contributed by atoms with Gasteiger partial charge in [-0.2, -0.15) is 0 Å². The maximum absolute atomic E-state index is 11.2. The van der Waals surface area contributed by atoms with Crippen LogP contribution in [0.1, 0.15) is 43.6 Å². The standard InChI is InChI=1S/C18H20OS/c1-13(19)14-5-9-16(10-6-14)20-17-11-7-15(8-12-17)18(2,3)4/h5-12H,1-4H3. The Hall–Kier alpha value is -1.54. The predicted molar refractivity (Wildman–Crippen MR) is 85.7 cm³/mol. The number of carbonyl (C=O) groups is 1. The lowest BCUT2D eigenvalue weighted by Crippen LogP contribution is -2.10. The highest BCUT2D eigenvalue weighted by molar-refractivity contribution is 7.99. The number of hydrogen-bond donors (Lipinski definition) is 0. The van der Waals surface area contributed by atoms with Crippen molar-refractivity contribution in [3.8, 4) is 0 Å². The van der Waals surface area contributed by atoms with E-state index in [1.54, 1.807) is 18.7 Å². The lowest BCUT2D eigenvalue weighted by molar-refractivity contribution is 0.101. The highest BCUT2D eigenvalue weighted by Crippen LogP contribution is 2.30. The second-order valence-corrected chi connectivity index (χ2v) is 7.10. The zero-order valence-electron chi connectivity index (χ0n) is 12.4. The molecule has 0 saturated carbocycles. The Morgan fingerprint density at radius 1 is 0.850 bits per heavy atom. The molecule has 2 aromatic rings. The number of ketones is 1. The Kier molecular flexibility index (Phi) is 4.34. The van der Waals surface area contributed by atoms with Gasteiger partial charge in [0.05, 0.1) is 0 Å². The molecule has 0 aliphatic heterocycles. The maximum atomic E-state index is 11.2. The van der Waals surface area contributed by atoms with Gasteiger partial charge in [0.15, 0.2) is 5.78 Å². The van der Waals surface area contributed by atoms with E-state index in [1.165, 1.54) is 10.5 Å². The van der Waals surface area contributed by atoms with Crippen molar-refractivity contribution in [2.75, 3.05) is 0 Å². The topological polar surface area (TPSA) is 17.1 Å². The Labute approximate surface area is 125 Å². The molecule has 0 unspecified atom stereocenters. The summed E-state index contributed by atoms with van der Waals surface area (Å²) in [7, 11) is 0. The van der Waals surface area contributed by atoms with E-state index in [-0.39, 0.29) is 11.2 Å². The summed E-state index contributed by atoms with van der Waals surface area (Å²) in [6.07, 6.45) is 0. The van der Waals surface area contributed by atoms with Crippen molar-refractivity contribution in [2.24, 2.45) is 0 Å². The second-order valence-electron chi connectivity index (χ2n) is 5.96. The minimum absolute atomic E-state index is 0.107. The van der Waals surface area contributed by atoms with Gasteiger partial charge in [0, 0.05) is 15.4 Å². The Bertz CT molecular complexity index is 589.